The number of benzene rings is 1. The molecule has 118 valence electrons. The molecule has 0 radical (unpaired) electrons. The highest BCUT2D eigenvalue weighted by Gasteiger charge is 2.22. The number of anilines is 1. The van der Waals surface area contributed by atoms with Gasteiger partial charge in [0, 0.05) is 5.69 Å². The Hall–Kier alpha value is -1.36. The van der Waals surface area contributed by atoms with Crippen molar-refractivity contribution in [2.24, 2.45) is 0 Å². The Morgan fingerprint density at radius 3 is 2.50 bits per heavy atom. The van der Waals surface area contributed by atoms with E-state index in [0.29, 0.717) is 0 Å². The Kier molecular flexibility index (Phi) is 6.00. The third kappa shape index (κ3) is 4.57. The van der Waals surface area contributed by atoms with Gasteiger partial charge in [0.1, 0.15) is 6.54 Å². The van der Waals surface area contributed by atoms with E-state index in [1.807, 2.05) is 50.4 Å². The third-order valence-corrected chi connectivity index (χ3v) is 5.08. The molecule has 1 aromatic carbocycles. The molecular weight excluding hydrogens is 316 g/mol. The van der Waals surface area contributed by atoms with Crippen molar-refractivity contribution in [2.75, 3.05) is 12.4 Å². The number of hydrogen-bond acceptors (Lipinski definition) is 2. The lowest BCUT2D eigenvalue weighted by atomic mass is 10.1. The van der Waals surface area contributed by atoms with Gasteiger partial charge < -0.3 is 10.2 Å². The van der Waals surface area contributed by atoms with Crippen molar-refractivity contribution < 1.29 is 9.69 Å². The van der Waals surface area contributed by atoms with Crippen LogP contribution in [0.5, 0.6) is 0 Å². The molecule has 0 fully saturated rings. The predicted octanol–water partition coefficient (Wildman–Crippen LogP) is 3.01. The van der Waals surface area contributed by atoms with Crippen LogP contribution in [0.15, 0.2) is 36.4 Å². The molecule has 1 aromatic heterocycles. The SMILES string of the molecule is CCc1ccc(NC(=O)[C@@H](C)[NH+](C)Cc2ccc(Cl)s2)cc1. The summed E-state index contributed by atoms with van der Waals surface area (Å²) >= 11 is 7.51. The first-order valence-electron chi connectivity index (χ1n) is 7.46. The van der Waals surface area contributed by atoms with E-state index in [4.69, 9.17) is 11.6 Å². The molecule has 1 heterocycles. The Morgan fingerprint density at radius 1 is 1.27 bits per heavy atom. The van der Waals surface area contributed by atoms with Crippen LogP contribution in [0.3, 0.4) is 0 Å². The highest BCUT2D eigenvalue weighted by Crippen LogP contribution is 2.20. The lowest BCUT2D eigenvalue weighted by Gasteiger charge is -2.20. The zero-order valence-electron chi connectivity index (χ0n) is 13.2. The van der Waals surface area contributed by atoms with E-state index in [0.717, 1.165) is 27.9 Å². The van der Waals surface area contributed by atoms with E-state index >= 15 is 0 Å². The number of quaternary nitrogens is 1. The molecule has 1 unspecified atom stereocenters. The summed E-state index contributed by atoms with van der Waals surface area (Å²) in [4.78, 5) is 14.7. The van der Waals surface area contributed by atoms with Crippen LogP contribution in [0.25, 0.3) is 0 Å². The number of carbonyl (C=O) groups is 1. The molecule has 0 bridgehead atoms. The van der Waals surface area contributed by atoms with E-state index in [1.54, 1.807) is 11.3 Å². The molecule has 0 saturated heterocycles. The summed E-state index contributed by atoms with van der Waals surface area (Å²) < 4.78 is 0.788. The number of hydrogen-bond donors (Lipinski definition) is 2. The van der Waals surface area contributed by atoms with Crippen molar-refractivity contribution in [1.82, 2.24) is 0 Å². The lowest BCUT2D eigenvalue weighted by Crippen LogP contribution is -3.12. The second-order valence-electron chi connectivity index (χ2n) is 5.49. The quantitative estimate of drug-likeness (QED) is 0.834. The number of carbonyl (C=O) groups excluding carboxylic acids is 1. The van der Waals surface area contributed by atoms with E-state index < -0.39 is 0 Å². The Morgan fingerprint density at radius 2 is 1.95 bits per heavy atom. The minimum absolute atomic E-state index is 0.0319. The topological polar surface area (TPSA) is 33.5 Å². The number of likely N-dealkylation sites (N-methyl/N-ethyl adjacent to an activating group) is 1. The fraction of sp³-hybridized carbons (Fsp3) is 0.353. The van der Waals surface area contributed by atoms with Crippen LogP contribution < -0.4 is 10.2 Å². The van der Waals surface area contributed by atoms with E-state index in [2.05, 4.69) is 12.2 Å². The molecule has 0 spiro atoms. The maximum Gasteiger partial charge on any atom is 0.282 e. The molecule has 3 nitrogen and oxygen atoms in total. The van der Waals surface area contributed by atoms with Gasteiger partial charge in [-0.1, -0.05) is 30.7 Å². The molecule has 2 N–H and O–H groups in total. The summed E-state index contributed by atoms with van der Waals surface area (Å²) in [7, 11) is 2.03. The fourth-order valence-corrected chi connectivity index (χ4v) is 3.36. The summed E-state index contributed by atoms with van der Waals surface area (Å²) in [6.07, 6.45) is 1.00. The van der Waals surface area contributed by atoms with Gasteiger partial charge in [0.05, 0.1) is 16.3 Å². The Bertz CT molecular complexity index is 624. The third-order valence-electron chi connectivity index (χ3n) is 3.84. The van der Waals surface area contributed by atoms with Crippen LogP contribution in [-0.4, -0.2) is 19.0 Å². The summed E-state index contributed by atoms with van der Waals surface area (Å²) in [6.45, 7) is 4.85. The number of rotatable bonds is 6. The number of nitrogens with one attached hydrogen (secondary N) is 2. The summed E-state index contributed by atoms with van der Waals surface area (Å²) in [6, 6.07) is 11.8. The summed E-state index contributed by atoms with van der Waals surface area (Å²) in [5.74, 6) is 0.0319. The largest absolute Gasteiger partial charge is 0.323 e. The van der Waals surface area contributed by atoms with Gasteiger partial charge >= 0.3 is 0 Å². The number of halogens is 1. The summed E-state index contributed by atoms with van der Waals surface area (Å²) in [5.41, 5.74) is 2.12. The van der Waals surface area contributed by atoms with Crippen LogP contribution >= 0.6 is 22.9 Å². The van der Waals surface area contributed by atoms with E-state index in [9.17, 15) is 4.79 Å². The standard InChI is InChI=1S/C17H21ClN2OS/c1-4-13-5-7-14(8-6-13)19-17(21)12(2)20(3)11-15-9-10-16(18)22-15/h5-10,12H,4,11H2,1-3H3,(H,19,21)/p+1/t12-/m1/s1. The van der Waals surface area contributed by atoms with Crippen LogP contribution in [-0.2, 0) is 17.8 Å². The van der Waals surface area contributed by atoms with Crippen LogP contribution in [0, 0.1) is 0 Å². The van der Waals surface area contributed by atoms with Crippen molar-refractivity contribution in [1.29, 1.82) is 0 Å². The Balaban J connectivity index is 1.92. The van der Waals surface area contributed by atoms with E-state index in [-0.39, 0.29) is 11.9 Å². The molecule has 0 aliphatic carbocycles. The fourth-order valence-electron chi connectivity index (χ4n) is 2.17. The van der Waals surface area contributed by atoms with Gasteiger partial charge in [-0.3, -0.25) is 4.79 Å². The maximum atomic E-state index is 12.3. The second-order valence-corrected chi connectivity index (χ2v) is 7.29. The van der Waals surface area contributed by atoms with Gasteiger partial charge in [0.15, 0.2) is 6.04 Å². The molecule has 0 aliphatic heterocycles. The predicted molar refractivity (Wildman–Crippen MR) is 93.8 cm³/mol. The molecule has 2 aromatic rings. The number of aryl methyl sites for hydroxylation is 1. The first-order chi connectivity index (χ1) is 10.5. The van der Waals surface area contributed by atoms with Crippen molar-refractivity contribution in [3.63, 3.8) is 0 Å². The van der Waals surface area contributed by atoms with Gasteiger partial charge in [-0.05, 0) is 43.2 Å². The molecular formula is C17H22ClN2OS+. The first kappa shape index (κ1) is 17.0. The van der Waals surface area contributed by atoms with Crippen LogP contribution in [0.2, 0.25) is 4.34 Å². The van der Waals surface area contributed by atoms with Gasteiger partial charge in [-0.25, -0.2) is 0 Å². The van der Waals surface area contributed by atoms with Crippen LogP contribution in [0.1, 0.15) is 24.3 Å². The highest BCUT2D eigenvalue weighted by atomic mass is 35.5. The average molecular weight is 338 g/mol. The smallest absolute Gasteiger partial charge is 0.282 e. The highest BCUT2D eigenvalue weighted by molar-refractivity contribution is 7.16. The second kappa shape index (κ2) is 7.77. The van der Waals surface area contributed by atoms with Gasteiger partial charge in [0.25, 0.3) is 5.91 Å². The van der Waals surface area contributed by atoms with Crippen molar-refractivity contribution in [2.45, 2.75) is 32.9 Å². The zero-order chi connectivity index (χ0) is 16.1. The molecule has 22 heavy (non-hydrogen) atoms. The number of thiophene rings is 1. The van der Waals surface area contributed by atoms with Gasteiger partial charge in [-0.15, -0.1) is 11.3 Å². The monoisotopic (exact) mass is 337 g/mol. The molecule has 0 aliphatic rings. The first-order valence-corrected chi connectivity index (χ1v) is 8.65. The maximum absolute atomic E-state index is 12.3. The zero-order valence-corrected chi connectivity index (χ0v) is 14.7. The molecule has 2 rings (SSSR count). The molecule has 0 saturated carbocycles. The van der Waals surface area contributed by atoms with E-state index in [1.165, 1.54) is 10.4 Å². The Labute approximate surface area is 140 Å². The van der Waals surface area contributed by atoms with Crippen molar-refractivity contribution in [3.05, 3.63) is 51.2 Å². The van der Waals surface area contributed by atoms with Crippen molar-refractivity contribution in [3.8, 4) is 0 Å². The minimum Gasteiger partial charge on any atom is -0.323 e. The number of amides is 1. The van der Waals surface area contributed by atoms with Crippen molar-refractivity contribution >= 4 is 34.5 Å². The van der Waals surface area contributed by atoms with Gasteiger partial charge in [-0.2, -0.15) is 0 Å². The molecule has 5 heteroatoms. The molecule has 1 amide bonds. The summed E-state index contributed by atoms with van der Waals surface area (Å²) in [5, 5.41) is 2.98. The van der Waals surface area contributed by atoms with Crippen LogP contribution in [0.4, 0.5) is 5.69 Å². The lowest BCUT2D eigenvalue weighted by molar-refractivity contribution is -0.907. The van der Waals surface area contributed by atoms with Gasteiger partial charge in [0.2, 0.25) is 0 Å². The normalized spacial score (nSPS) is 13.6. The minimum atomic E-state index is -0.133. The molecule has 2 atom stereocenters. The average Bonchev–Trinajstić information content (AvgIpc) is 2.92.